The van der Waals surface area contributed by atoms with Gasteiger partial charge in [0.25, 0.3) is 0 Å². The standard InChI is InChI=1S/C17H15N3/c18-16-10-15(12-8-9-12)19-17(20-16)14-7-3-5-11-4-1-2-6-13(11)14/h1-7,10,12H,8-9H2,(H2,18,19,20). The van der Waals surface area contributed by atoms with Crippen molar-refractivity contribution in [2.24, 2.45) is 0 Å². The van der Waals surface area contributed by atoms with Gasteiger partial charge < -0.3 is 5.73 Å². The van der Waals surface area contributed by atoms with Crippen molar-refractivity contribution in [2.45, 2.75) is 18.8 Å². The molecule has 1 aliphatic carbocycles. The monoisotopic (exact) mass is 261 g/mol. The van der Waals surface area contributed by atoms with Crippen molar-refractivity contribution in [1.29, 1.82) is 0 Å². The maximum Gasteiger partial charge on any atom is 0.162 e. The molecule has 1 aliphatic rings. The average molecular weight is 261 g/mol. The SMILES string of the molecule is Nc1cc(C2CC2)nc(-c2cccc3ccccc23)n1. The van der Waals surface area contributed by atoms with Gasteiger partial charge in [0.05, 0.1) is 0 Å². The van der Waals surface area contributed by atoms with Crippen molar-refractivity contribution < 1.29 is 0 Å². The number of aromatic nitrogens is 2. The Morgan fingerprint density at radius 1 is 0.950 bits per heavy atom. The molecule has 1 heterocycles. The predicted octanol–water partition coefficient (Wildman–Crippen LogP) is 3.76. The van der Waals surface area contributed by atoms with Crippen LogP contribution in [-0.2, 0) is 0 Å². The summed E-state index contributed by atoms with van der Waals surface area (Å²) in [6, 6.07) is 16.4. The second-order valence-electron chi connectivity index (χ2n) is 5.34. The van der Waals surface area contributed by atoms with Crippen LogP contribution >= 0.6 is 0 Å². The van der Waals surface area contributed by atoms with Crippen LogP contribution in [0, 0.1) is 0 Å². The molecule has 0 amide bonds. The molecule has 3 heteroatoms. The second-order valence-corrected chi connectivity index (χ2v) is 5.34. The number of nitrogens with zero attached hydrogens (tertiary/aromatic N) is 2. The van der Waals surface area contributed by atoms with Crippen molar-refractivity contribution >= 4 is 16.6 Å². The van der Waals surface area contributed by atoms with Crippen molar-refractivity contribution in [3.63, 3.8) is 0 Å². The average Bonchev–Trinajstić information content (AvgIpc) is 3.30. The second kappa shape index (κ2) is 4.30. The Balaban J connectivity index is 1.94. The zero-order valence-corrected chi connectivity index (χ0v) is 11.1. The molecule has 1 saturated carbocycles. The van der Waals surface area contributed by atoms with Gasteiger partial charge >= 0.3 is 0 Å². The van der Waals surface area contributed by atoms with Crippen LogP contribution in [0.5, 0.6) is 0 Å². The molecule has 3 nitrogen and oxygen atoms in total. The zero-order valence-electron chi connectivity index (χ0n) is 11.1. The van der Waals surface area contributed by atoms with Gasteiger partial charge in [-0.25, -0.2) is 9.97 Å². The molecule has 0 saturated heterocycles. The summed E-state index contributed by atoms with van der Waals surface area (Å²) in [4.78, 5) is 9.16. The summed E-state index contributed by atoms with van der Waals surface area (Å²) in [5, 5.41) is 2.37. The highest BCUT2D eigenvalue weighted by atomic mass is 15.0. The summed E-state index contributed by atoms with van der Waals surface area (Å²) < 4.78 is 0. The van der Waals surface area contributed by atoms with Crippen LogP contribution in [0.3, 0.4) is 0 Å². The predicted molar refractivity (Wildman–Crippen MR) is 81.4 cm³/mol. The molecule has 0 radical (unpaired) electrons. The first-order valence-corrected chi connectivity index (χ1v) is 6.94. The Kier molecular flexibility index (Phi) is 2.46. The van der Waals surface area contributed by atoms with Gasteiger partial charge in [-0.15, -0.1) is 0 Å². The number of fused-ring (bicyclic) bond motifs is 1. The first-order valence-electron chi connectivity index (χ1n) is 6.94. The minimum Gasteiger partial charge on any atom is -0.384 e. The van der Waals surface area contributed by atoms with E-state index >= 15 is 0 Å². The first-order chi connectivity index (χ1) is 9.81. The van der Waals surface area contributed by atoms with Crippen molar-refractivity contribution in [3.8, 4) is 11.4 Å². The number of hydrogen-bond donors (Lipinski definition) is 1. The quantitative estimate of drug-likeness (QED) is 0.764. The lowest BCUT2D eigenvalue weighted by Gasteiger charge is -2.08. The highest BCUT2D eigenvalue weighted by Gasteiger charge is 2.26. The summed E-state index contributed by atoms with van der Waals surface area (Å²) in [5.41, 5.74) is 8.09. The van der Waals surface area contributed by atoms with Crippen LogP contribution in [0.25, 0.3) is 22.2 Å². The maximum atomic E-state index is 5.96. The summed E-state index contributed by atoms with van der Waals surface area (Å²) in [6.07, 6.45) is 2.43. The Morgan fingerprint density at radius 3 is 2.60 bits per heavy atom. The maximum absolute atomic E-state index is 5.96. The molecular formula is C17H15N3. The lowest BCUT2D eigenvalue weighted by molar-refractivity contribution is 0.999. The van der Waals surface area contributed by atoms with Crippen LogP contribution in [0.2, 0.25) is 0 Å². The fourth-order valence-electron chi connectivity index (χ4n) is 2.61. The lowest BCUT2D eigenvalue weighted by atomic mass is 10.0. The number of anilines is 1. The minimum atomic E-state index is 0.560. The number of rotatable bonds is 2. The molecule has 2 N–H and O–H groups in total. The molecule has 98 valence electrons. The molecule has 2 aromatic carbocycles. The number of benzene rings is 2. The fourth-order valence-corrected chi connectivity index (χ4v) is 2.61. The molecular weight excluding hydrogens is 246 g/mol. The summed E-state index contributed by atoms with van der Waals surface area (Å²) in [7, 11) is 0. The van der Waals surface area contributed by atoms with E-state index in [1.54, 1.807) is 0 Å². The first kappa shape index (κ1) is 11.4. The molecule has 3 aromatic rings. The Hall–Kier alpha value is -2.42. The number of hydrogen-bond acceptors (Lipinski definition) is 3. The third-order valence-corrected chi connectivity index (χ3v) is 3.79. The molecule has 0 aliphatic heterocycles. The smallest absolute Gasteiger partial charge is 0.162 e. The van der Waals surface area contributed by atoms with Crippen LogP contribution in [0.4, 0.5) is 5.82 Å². The van der Waals surface area contributed by atoms with Crippen molar-refractivity contribution in [1.82, 2.24) is 9.97 Å². The van der Waals surface area contributed by atoms with Gasteiger partial charge in [-0.3, -0.25) is 0 Å². The molecule has 4 rings (SSSR count). The van der Waals surface area contributed by atoms with Crippen molar-refractivity contribution in [2.75, 3.05) is 5.73 Å². The molecule has 1 aromatic heterocycles. The van der Waals surface area contributed by atoms with E-state index in [0.29, 0.717) is 11.7 Å². The number of nitrogen functional groups attached to an aromatic ring is 1. The molecule has 0 bridgehead atoms. The Bertz CT molecular complexity index is 786. The minimum absolute atomic E-state index is 0.560. The van der Waals surface area contributed by atoms with Crippen LogP contribution in [0.1, 0.15) is 24.5 Å². The van der Waals surface area contributed by atoms with E-state index in [1.807, 2.05) is 24.3 Å². The van der Waals surface area contributed by atoms with Gasteiger partial charge in [-0.2, -0.15) is 0 Å². The highest BCUT2D eigenvalue weighted by molar-refractivity contribution is 5.95. The molecule has 0 atom stereocenters. The van der Waals surface area contributed by atoms with E-state index in [9.17, 15) is 0 Å². The Morgan fingerprint density at radius 2 is 1.75 bits per heavy atom. The van der Waals surface area contributed by atoms with Gasteiger partial charge in [0, 0.05) is 23.2 Å². The van der Waals surface area contributed by atoms with Gasteiger partial charge in [0.15, 0.2) is 5.82 Å². The van der Waals surface area contributed by atoms with E-state index in [2.05, 4.69) is 29.2 Å². The van der Waals surface area contributed by atoms with Crippen molar-refractivity contribution in [3.05, 3.63) is 54.2 Å². The molecule has 0 spiro atoms. The zero-order chi connectivity index (χ0) is 13.5. The van der Waals surface area contributed by atoms with E-state index in [0.717, 1.165) is 17.1 Å². The van der Waals surface area contributed by atoms with Gasteiger partial charge in [0.1, 0.15) is 5.82 Å². The summed E-state index contributed by atoms with van der Waals surface area (Å²) in [6.45, 7) is 0. The third kappa shape index (κ3) is 1.92. The molecule has 1 fully saturated rings. The highest BCUT2D eigenvalue weighted by Crippen LogP contribution is 2.40. The summed E-state index contributed by atoms with van der Waals surface area (Å²) in [5.74, 6) is 1.88. The van der Waals surface area contributed by atoms with E-state index in [1.165, 1.54) is 23.6 Å². The normalized spacial score (nSPS) is 14.6. The largest absolute Gasteiger partial charge is 0.384 e. The summed E-state index contributed by atoms with van der Waals surface area (Å²) >= 11 is 0. The van der Waals surface area contributed by atoms with Crippen LogP contribution in [-0.4, -0.2) is 9.97 Å². The third-order valence-electron chi connectivity index (χ3n) is 3.79. The van der Waals surface area contributed by atoms with Gasteiger partial charge in [-0.05, 0) is 23.6 Å². The lowest BCUT2D eigenvalue weighted by Crippen LogP contribution is -1.99. The van der Waals surface area contributed by atoms with E-state index in [-0.39, 0.29) is 0 Å². The van der Waals surface area contributed by atoms with Gasteiger partial charge in [0.2, 0.25) is 0 Å². The topological polar surface area (TPSA) is 51.8 Å². The van der Waals surface area contributed by atoms with Gasteiger partial charge in [-0.1, -0.05) is 42.5 Å². The fraction of sp³-hybridized carbons (Fsp3) is 0.176. The molecule has 20 heavy (non-hydrogen) atoms. The molecule has 0 unspecified atom stereocenters. The van der Waals surface area contributed by atoms with Crippen LogP contribution < -0.4 is 5.73 Å². The Labute approximate surface area is 117 Å². The van der Waals surface area contributed by atoms with Crippen LogP contribution in [0.15, 0.2) is 48.5 Å². The van der Waals surface area contributed by atoms with E-state index in [4.69, 9.17) is 10.7 Å². The van der Waals surface area contributed by atoms with E-state index < -0.39 is 0 Å². The number of nitrogens with two attached hydrogens (primary N) is 1.